The smallest absolute Gasteiger partial charge is 0.225 e. The lowest BCUT2D eigenvalue weighted by Gasteiger charge is -2.27. The van der Waals surface area contributed by atoms with Gasteiger partial charge in [-0.2, -0.15) is 0 Å². The van der Waals surface area contributed by atoms with E-state index >= 15 is 0 Å². The van der Waals surface area contributed by atoms with E-state index in [0.717, 1.165) is 25.7 Å². The van der Waals surface area contributed by atoms with E-state index < -0.39 is 0 Å². The fourth-order valence-electron chi connectivity index (χ4n) is 4.27. The normalized spacial score (nSPS) is 21.8. The second-order valence-corrected chi connectivity index (χ2v) is 7.63. The second kappa shape index (κ2) is 7.95. The highest BCUT2D eigenvalue weighted by Crippen LogP contribution is 2.30. The molecular formula is C23H26N2O2. The van der Waals surface area contributed by atoms with Gasteiger partial charge in [-0.25, -0.2) is 0 Å². The number of aryl methyl sites for hydroxylation is 1. The van der Waals surface area contributed by atoms with Crippen molar-refractivity contribution in [3.05, 3.63) is 71.3 Å². The van der Waals surface area contributed by atoms with Crippen LogP contribution in [0.1, 0.15) is 42.0 Å². The van der Waals surface area contributed by atoms with Crippen molar-refractivity contribution in [2.75, 3.05) is 13.1 Å². The lowest BCUT2D eigenvalue weighted by atomic mass is 9.87. The molecule has 1 fully saturated rings. The lowest BCUT2D eigenvalue weighted by Crippen LogP contribution is -2.37. The van der Waals surface area contributed by atoms with Gasteiger partial charge >= 0.3 is 0 Å². The van der Waals surface area contributed by atoms with Crippen molar-refractivity contribution in [1.29, 1.82) is 0 Å². The number of carbonyl (C=O) groups is 2. The molecule has 27 heavy (non-hydrogen) atoms. The van der Waals surface area contributed by atoms with Gasteiger partial charge in [-0.15, -0.1) is 0 Å². The Hall–Kier alpha value is -2.62. The zero-order valence-corrected chi connectivity index (χ0v) is 15.6. The van der Waals surface area contributed by atoms with Crippen LogP contribution in [0, 0.1) is 5.92 Å². The maximum absolute atomic E-state index is 12.8. The monoisotopic (exact) mass is 362 g/mol. The summed E-state index contributed by atoms with van der Waals surface area (Å²) in [4.78, 5) is 27.0. The Morgan fingerprint density at radius 3 is 2.70 bits per heavy atom. The molecule has 2 amide bonds. The third kappa shape index (κ3) is 4.05. The van der Waals surface area contributed by atoms with Gasteiger partial charge in [-0.3, -0.25) is 9.59 Å². The molecule has 1 aliphatic carbocycles. The zero-order valence-electron chi connectivity index (χ0n) is 15.6. The summed E-state index contributed by atoms with van der Waals surface area (Å²) in [5.41, 5.74) is 3.79. The van der Waals surface area contributed by atoms with Crippen LogP contribution in [0.4, 0.5) is 0 Å². The third-order valence-electron chi connectivity index (χ3n) is 5.78. The number of likely N-dealkylation sites (tertiary alicyclic amines) is 1. The number of rotatable bonds is 5. The van der Waals surface area contributed by atoms with Crippen molar-refractivity contribution < 1.29 is 9.59 Å². The number of amides is 2. The van der Waals surface area contributed by atoms with E-state index in [1.165, 1.54) is 16.7 Å². The van der Waals surface area contributed by atoms with Crippen LogP contribution in [0.3, 0.4) is 0 Å². The molecule has 0 bridgehead atoms. The van der Waals surface area contributed by atoms with E-state index in [2.05, 4.69) is 35.6 Å². The van der Waals surface area contributed by atoms with E-state index in [9.17, 15) is 9.59 Å². The maximum atomic E-state index is 12.8. The summed E-state index contributed by atoms with van der Waals surface area (Å²) >= 11 is 0. The number of carbonyl (C=O) groups excluding carboxylic acids is 2. The molecule has 0 spiro atoms. The highest BCUT2D eigenvalue weighted by Gasteiger charge is 2.35. The SMILES string of the molecule is O=C(N[C@@H]1CCCc2ccccc21)[C@@H]1CC(=O)N(CCc2ccccc2)C1. The number of benzene rings is 2. The first kappa shape index (κ1) is 17.8. The Balaban J connectivity index is 1.34. The summed E-state index contributed by atoms with van der Waals surface area (Å²) in [5.74, 6) is -0.121. The highest BCUT2D eigenvalue weighted by molar-refractivity contribution is 5.89. The lowest BCUT2D eigenvalue weighted by molar-refractivity contribution is -0.129. The van der Waals surface area contributed by atoms with Gasteiger partial charge in [0.15, 0.2) is 0 Å². The molecule has 1 saturated heterocycles. The Morgan fingerprint density at radius 1 is 1.07 bits per heavy atom. The van der Waals surface area contributed by atoms with Crippen molar-refractivity contribution in [2.24, 2.45) is 5.92 Å². The number of fused-ring (bicyclic) bond motifs is 1. The Morgan fingerprint density at radius 2 is 1.85 bits per heavy atom. The number of nitrogens with one attached hydrogen (secondary N) is 1. The van der Waals surface area contributed by atoms with Crippen LogP contribution in [-0.4, -0.2) is 29.8 Å². The maximum Gasteiger partial charge on any atom is 0.225 e. The van der Waals surface area contributed by atoms with Crippen LogP contribution < -0.4 is 5.32 Å². The first-order valence-electron chi connectivity index (χ1n) is 9.90. The van der Waals surface area contributed by atoms with Gasteiger partial charge < -0.3 is 10.2 Å². The highest BCUT2D eigenvalue weighted by atomic mass is 16.2. The van der Waals surface area contributed by atoms with E-state index in [0.29, 0.717) is 19.5 Å². The minimum atomic E-state index is -0.234. The number of hydrogen-bond acceptors (Lipinski definition) is 2. The molecule has 2 aliphatic rings. The average Bonchev–Trinajstić information content (AvgIpc) is 3.08. The van der Waals surface area contributed by atoms with E-state index in [-0.39, 0.29) is 23.8 Å². The van der Waals surface area contributed by atoms with Gasteiger partial charge in [0, 0.05) is 19.5 Å². The molecule has 0 unspecified atom stereocenters. The summed E-state index contributed by atoms with van der Waals surface area (Å²) in [6.07, 6.45) is 4.31. The van der Waals surface area contributed by atoms with Crippen molar-refractivity contribution in [1.82, 2.24) is 10.2 Å². The summed E-state index contributed by atoms with van der Waals surface area (Å²) < 4.78 is 0. The van der Waals surface area contributed by atoms with Crippen LogP contribution in [0.25, 0.3) is 0 Å². The number of hydrogen-bond donors (Lipinski definition) is 1. The molecule has 1 aliphatic heterocycles. The molecule has 4 heteroatoms. The molecule has 4 nitrogen and oxygen atoms in total. The summed E-state index contributed by atoms with van der Waals surface area (Å²) in [7, 11) is 0. The Kier molecular flexibility index (Phi) is 5.23. The van der Waals surface area contributed by atoms with Crippen molar-refractivity contribution in [2.45, 2.75) is 38.1 Å². The predicted molar refractivity (Wildman–Crippen MR) is 105 cm³/mol. The molecular weight excluding hydrogens is 336 g/mol. The molecule has 0 aromatic heterocycles. The van der Waals surface area contributed by atoms with Crippen molar-refractivity contribution in [3.63, 3.8) is 0 Å². The van der Waals surface area contributed by atoms with E-state index in [1.807, 2.05) is 29.2 Å². The topological polar surface area (TPSA) is 49.4 Å². The van der Waals surface area contributed by atoms with Gasteiger partial charge in [0.2, 0.25) is 11.8 Å². The molecule has 140 valence electrons. The van der Waals surface area contributed by atoms with Crippen LogP contribution in [-0.2, 0) is 22.4 Å². The minimum absolute atomic E-state index is 0.0206. The molecule has 1 heterocycles. The van der Waals surface area contributed by atoms with Crippen LogP contribution in [0.5, 0.6) is 0 Å². The molecule has 4 rings (SSSR count). The standard InChI is InChI=1S/C23H26N2O2/c26-22-15-19(16-25(22)14-13-17-7-2-1-3-8-17)23(27)24-21-12-6-10-18-9-4-5-11-20(18)21/h1-5,7-9,11,19,21H,6,10,12-16H2,(H,24,27)/t19-,21-/m1/s1. The van der Waals surface area contributed by atoms with Gasteiger partial charge in [-0.05, 0) is 42.4 Å². The third-order valence-corrected chi connectivity index (χ3v) is 5.78. The van der Waals surface area contributed by atoms with Gasteiger partial charge in [0.1, 0.15) is 0 Å². The first-order chi connectivity index (χ1) is 13.2. The second-order valence-electron chi connectivity index (χ2n) is 7.63. The zero-order chi connectivity index (χ0) is 18.6. The summed E-state index contributed by atoms with van der Waals surface area (Å²) in [6, 6.07) is 18.6. The molecule has 2 atom stereocenters. The van der Waals surface area contributed by atoms with Crippen LogP contribution in [0.15, 0.2) is 54.6 Å². The Labute approximate surface area is 160 Å². The quantitative estimate of drug-likeness (QED) is 0.887. The van der Waals surface area contributed by atoms with E-state index in [4.69, 9.17) is 0 Å². The number of nitrogens with zero attached hydrogens (tertiary/aromatic N) is 1. The average molecular weight is 362 g/mol. The van der Waals surface area contributed by atoms with Gasteiger partial charge in [0.05, 0.1) is 12.0 Å². The van der Waals surface area contributed by atoms with Crippen LogP contribution in [0.2, 0.25) is 0 Å². The molecule has 0 radical (unpaired) electrons. The molecule has 0 saturated carbocycles. The molecule has 2 aromatic carbocycles. The van der Waals surface area contributed by atoms with Gasteiger partial charge in [0.25, 0.3) is 0 Å². The van der Waals surface area contributed by atoms with Gasteiger partial charge in [-0.1, -0.05) is 54.6 Å². The summed E-state index contributed by atoms with van der Waals surface area (Å²) in [5, 5.41) is 3.21. The Bertz CT molecular complexity index is 818. The fourth-order valence-corrected chi connectivity index (χ4v) is 4.27. The molecule has 1 N–H and O–H groups in total. The molecule has 2 aromatic rings. The van der Waals surface area contributed by atoms with Crippen molar-refractivity contribution in [3.8, 4) is 0 Å². The summed E-state index contributed by atoms with van der Waals surface area (Å²) in [6.45, 7) is 1.21. The van der Waals surface area contributed by atoms with E-state index in [1.54, 1.807) is 0 Å². The van der Waals surface area contributed by atoms with Crippen molar-refractivity contribution >= 4 is 11.8 Å². The van der Waals surface area contributed by atoms with Crippen LogP contribution >= 0.6 is 0 Å². The first-order valence-corrected chi connectivity index (χ1v) is 9.90. The fraction of sp³-hybridized carbons (Fsp3) is 0.391. The minimum Gasteiger partial charge on any atom is -0.349 e. The predicted octanol–water partition coefficient (Wildman–Crippen LogP) is 3.27. The largest absolute Gasteiger partial charge is 0.349 e.